The van der Waals surface area contributed by atoms with Crippen molar-refractivity contribution in [3.8, 4) is 17.0 Å². The highest BCUT2D eigenvalue weighted by Gasteiger charge is 2.44. The van der Waals surface area contributed by atoms with Gasteiger partial charge in [0.25, 0.3) is 0 Å². The molecule has 0 amide bonds. The van der Waals surface area contributed by atoms with Gasteiger partial charge in [-0.2, -0.15) is 13.2 Å². The number of carboxylic acids is 1. The molecule has 2 aromatic heterocycles. The van der Waals surface area contributed by atoms with Crippen LogP contribution in [0.25, 0.3) is 27.6 Å². The SMILES string of the molecule is COc1cc2nc(N3CCC4(CC3)CC(=Cc3c(-c5ccccc5C(F)(F)F)noc3C3CC3)C4)sc2cc1C(=O)O. The molecule has 3 fully saturated rings. The molecule has 2 saturated carbocycles. The zero-order valence-electron chi connectivity index (χ0n) is 22.8. The van der Waals surface area contributed by atoms with Crippen LogP contribution < -0.4 is 9.64 Å². The monoisotopic (exact) mass is 595 g/mol. The molecule has 3 aliphatic rings. The van der Waals surface area contributed by atoms with E-state index in [1.165, 1.54) is 36.2 Å². The summed E-state index contributed by atoms with van der Waals surface area (Å²) in [6, 6.07) is 8.86. The zero-order valence-corrected chi connectivity index (χ0v) is 23.6. The first-order chi connectivity index (χ1) is 20.1. The maximum Gasteiger partial charge on any atom is 0.417 e. The third kappa shape index (κ3) is 4.73. The Morgan fingerprint density at radius 3 is 2.60 bits per heavy atom. The lowest BCUT2D eigenvalue weighted by Gasteiger charge is -2.49. The molecule has 1 saturated heterocycles. The highest BCUT2D eigenvalue weighted by atomic mass is 32.1. The number of aromatic nitrogens is 2. The van der Waals surface area contributed by atoms with Crippen LogP contribution in [0.15, 0.2) is 46.5 Å². The maximum atomic E-state index is 13.8. The largest absolute Gasteiger partial charge is 0.496 e. The van der Waals surface area contributed by atoms with E-state index < -0.39 is 17.7 Å². The van der Waals surface area contributed by atoms with E-state index in [-0.39, 0.29) is 28.2 Å². The minimum atomic E-state index is -4.48. The molecule has 0 unspecified atom stereocenters. The van der Waals surface area contributed by atoms with E-state index in [1.54, 1.807) is 18.2 Å². The van der Waals surface area contributed by atoms with E-state index in [2.05, 4.69) is 10.1 Å². The number of nitrogens with zero attached hydrogens (tertiary/aromatic N) is 3. The summed E-state index contributed by atoms with van der Waals surface area (Å²) in [6.45, 7) is 1.67. The molecule has 0 radical (unpaired) electrons. The summed E-state index contributed by atoms with van der Waals surface area (Å²) in [5.74, 6) is 0.170. The number of halogens is 3. The van der Waals surface area contributed by atoms with Crippen molar-refractivity contribution in [2.45, 2.75) is 50.6 Å². The summed E-state index contributed by atoms with van der Waals surface area (Å²) >= 11 is 1.48. The fourth-order valence-corrected chi connectivity index (χ4v) is 7.42. The van der Waals surface area contributed by atoms with Crippen LogP contribution >= 0.6 is 11.3 Å². The van der Waals surface area contributed by atoms with E-state index in [0.717, 1.165) is 67.5 Å². The number of benzene rings is 2. The Morgan fingerprint density at radius 2 is 1.93 bits per heavy atom. The molecule has 7 nitrogen and oxygen atoms in total. The third-order valence-electron chi connectivity index (χ3n) is 8.77. The van der Waals surface area contributed by atoms with Gasteiger partial charge in [0.15, 0.2) is 5.13 Å². The summed E-state index contributed by atoms with van der Waals surface area (Å²) in [7, 11) is 1.45. The summed E-state index contributed by atoms with van der Waals surface area (Å²) in [4.78, 5) is 18.6. The first kappa shape index (κ1) is 27.0. The first-order valence-electron chi connectivity index (χ1n) is 14.0. The number of ether oxygens (including phenoxy) is 1. The molecule has 2 aliphatic carbocycles. The van der Waals surface area contributed by atoms with Crippen molar-refractivity contribution in [2.75, 3.05) is 25.1 Å². The van der Waals surface area contributed by atoms with Gasteiger partial charge in [0.05, 0.1) is 22.9 Å². The van der Waals surface area contributed by atoms with E-state index in [4.69, 9.17) is 14.2 Å². The molecular weight excluding hydrogens is 567 g/mol. The van der Waals surface area contributed by atoms with Crippen molar-refractivity contribution in [1.29, 1.82) is 0 Å². The number of hydrogen-bond donors (Lipinski definition) is 1. The summed E-state index contributed by atoms with van der Waals surface area (Å²) in [5.41, 5.74) is 2.54. The molecular formula is C31H28F3N3O4S. The van der Waals surface area contributed by atoms with Gasteiger partial charge in [-0.25, -0.2) is 9.78 Å². The number of thiazole rings is 1. The molecule has 3 heterocycles. The Morgan fingerprint density at radius 1 is 1.19 bits per heavy atom. The highest BCUT2D eigenvalue weighted by Crippen LogP contribution is 2.55. The normalized spacial score (nSPS) is 18.4. The Kier molecular flexibility index (Phi) is 6.34. The molecule has 218 valence electrons. The average molecular weight is 596 g/mol. The minimum absolute atomic E-state index is 0.0544. The molecule has 1 aliphatic heterocycles. The van der Waals surface area contributed by atoms with Crippen molar-refractivity contribution in [2.24, 2.45) is 5.41 Å². The summed E-state index contributed by atoms with van der Waals surface area (Å²) in [6.07, 6.45) is 3.22. The Bertz CT molecular complexity index is 1720. The second-order valence-corrected chi connectivity index (χ2v) is 12.6. The molecule has 1 spiro atoms. The number of hydrogen-bond acceptors (Lipinski definition) is 7. The van der Waals surface area contributed by atoms with E-state index in [1.807, 2.05) is 6.08 Å². The van der Waals surface area contributed by atoms with Crippen LogP contribution in [-0.2, 0) is 6.18 Å². The smallest absolute Gasteiger partial charge is 0.417 e. The number of carbonyl (C=O) groups is 1. The van der Waals surface area contributed by atoms with Crippen LogP contribution in [0.1, 0.15) is 71.7 Å². The van der Waals surface area contributed by atoms with Gasteiger partial charge in [-0.3, -0.25) is 0 Å². The van der Waals surface area contributed by atoms with Gasteiger partial charge in [0.1, 0.15) is 22.8 Å². The zero-order chi connectivity index (χ0) is 29.2. The fraction of sp³-hybridized carbons (Fsp3) is 0.387. The maximum absolute atomic E-state index is 13.8. The number of fused-ring (bicyclic) bond motifs is 1. The topological polar surface area (TPSA) is 88.7 Å². The minimum Gasteiger partial charge on any atom is -0.496 e. The van der Waals surface area contributed by atoms with Crippen LogP contribution in [0, 0.1) is 5.41 Å². The van der Waals surface area contributed by atoms with Crippen LogP contribution in [0.5, 0.6) is 5.75 Å². The van der Waals surface area contributed by atoms with Gasteiger partial charge in [-0.05, 0) is 62.1 Å². The van der Waals surface area contributed by atoms with Crippen LogP contribution in [0.3, 0.4) is 0 Å². The number of rotatable bonds is 6. The van der Waals surface area contributed by atoms with Crippen LogP contribution in [-0.4, -0.2) is 41.4 Å². The van der Waals surface area contributed by atoms with Gasteiger partial charge in [0.2, 0.25) is 0 Å². The quantitative estimate of drug-likeness (QED) is 0.241. The number of carboxylic acid groups (broad SMARTS) is 1. The number of methoxy groups -OCH3 is 1. The molecule has 7 rings (SSSR count). The number of aromatic carboxylic acids is 1. The van der Waals surface area contributed by atoms with E-state index in [9.17, 15) is 23.1 Å². The van der Waals surface area contributed by atoms with Crippen molar-refractivity contribution in [3.05, 3.63) is 64.4 Å². The number of allylic oxidation sites excluding steroid dienone is 1. The lowest BCUT2D eigenvalue weighted by atomic mass is 9.60. The van der Waals surface area contributed by atoms with Crippen LogP contribution in [0.4, 0.5) is 18.3 Å². The molecule has 1 N–H and O–H groups in total. The van der Waals surface area contributed by atoms with E-state index >= 15 is 0 Å². The molecule has 0 bridgehead atoms. The van der Waals surface area contributed by atoms with Crippen molar-refractivity contribution < 1.29 is 32.3 Å². The van der Waals surface area contributed by atoms with E-state index in [0.29, 0.717) is 22.6 Å². The van der Waals surface area contributed by atoms with Crippen molar-refractivity contribution in [3.63, 3.8) is 0 Å². The van der Waals surface area contributed by atoms with Crippen LogP contribution in [0.2, 0.25) is 0 Å². The standard InChI is InChI=1S/C31H28F3N3O4S/c1-40-24-14-23-25(13-20(24)28(38)39)42-29(35-23)37-10-8-30(9-11-37)15-17(16-30)12-21-26(36-41-27(21)18-6-7-18)19-4-2-3-5-22(19)31(32,33)34/h2-5,12-14,18H,6-11,15-16H2,1H3,(H,38,39). The molecule has 11 heteroatoms. The van der Waals surface area contributed by atoms with Gasteiger partial charge in [0, 0.05) is 36.2 Å². The first-order valence-corrected chi connectivity index (χ1v) is 14.8. The average Bonchev–Trinajstić information content (AvgIpc) is 3.57. The summed E-state index contributed by atoms with van der Waals surface area (Å²) in [5, 5.41) is 14.5. The second kappa shape index (κ2) is 9.86. The van der Waals surface area contributed by atoms with Gasteiger partial charge >= 0.3 is 12.1 Å². The molecule has 0 atom stereocenters. The van der Waals surface area contributed by atoms with Crippen molar-refractivity contribution >= 4 is 38.7 Å². The Labute approximate surface area is 243 Å². The molecule has 42 heavy (non-hydrogen) atoms. The van der Waals surface area contributed by atoms with Gasteiger partial charge in [-0.15, -0.1) is 0 Å². The number of piperidine rings is 1. The van der Waals surface area contributed by atoms with Gasteiger partial charge < -0.3 is 19.3 Å². The third-order valence-corrected chi connectivity index (χ3v) is 9.85. The predicted molar refractivity (Wildman–Crippen MR) is 153 cm³/mol. The van der Waals surface area contributed by atoms with Gasteiger partial charge in [-0.1, -0.05) is 40.3 Å². The Balaban J connectivity index is 1.09. The number of anilines is 1. The predicted octanol–water partition coefficient (Wildman–Crippen LogP) is 8.02. The lowest BCUT2D eigenvalue weighted by molar-refractivity contribution is -0.137. The fourth-order valence-electron chi connectivity index (χ4n) is 6.38. The van der Waals surface area contributed by atoms with Crippen molar-refractivity contribution in [1.82, 2.24) is 10.1 Å². The molecule has 2 aromatic carbocycles. The Hall–Kier alpha value is -3.86. The molecule has 4 aromatic rings. The summed E-state index contributed by atoms with van der Waals surface area (Å²) < 4.78 is 53.1. The highest BCUT2D eigenvalue weighted by molar-refractivity contribution is 7.22. The lowest BCUT2D eigenvalue weighted by Crippen LogP contribution is -2.44. The number of alkyl halides is 3. The second-order valence-electron chi connectivity index (χ2n) is 11.6.